The van der Waals surface area contributed by atoms with Gasteiger partial charge in [0.05, 0.1) is 10.6 Å². The molecule has 0 unspecified atom stereocenters. The van der Waals surface area contributed by atoms with Gasteiger partial charge in [-0.25, -0.2) is 8.42 Å². The molecule has 0 saturated carbocycles. The van der Waals surface area contributed by atoms with Crippen LogP contribution in [0.5, 0.6) is 0 Å². The first-order chi connectivity index (χ1) is 9.21. The molecular weight excluding hydrogens is 282 g/mol. The van der Waals surface area contributed by atoms with E-state index in [4.69, 9.17) is 0 Å². The van der Waals surface area contributed by atoms with Crippen LogP contribution in [0.2, 0.25) is 0 Å². The molecule has 1 aromatic rings. The van der Waals surface area contributed by atoms with Crippen LogP contribution in [0.3, 0.4) is 0 Å². The van der Waals surface area contributed by atoms with Crippen LogP contribution < -0.4 is 5.32 Å². The SMILES string of the molecule is CCNc1cc([N+](=O)[O-])ccc1S(=O)(=O)N(C)C(C)C. The summed E-state index contributed by atoms with van der Waals surface area (Å²) in [5.74, 6) is 0. The average molecular weight is 301 g/mol. The van der Waals surface area contributed by atoms with Gasteiger partial charge in [-0.2, -0.15) is 4.31 Å². The lowest BCUT2D eigenvalue weighted by Crippen LogP contribution is -2.33. The monoisotopic (exact) mass is 301 g/mol. The predicted octanol–water partition coefficient (Wildman–Crippen LogP) is 2.06. The number of nitro benzene ring substituents is 1. The fourth-order valence-corrected chi connectivity index (χ4v) is 3.13. The summed E-state index contributed by atoms with van der Waals surface area (Å²) in [6.45, 7) is 5.78. The van der Waals surface area contributed by atoms with Gasteiger partial charge in [-0.15, -0.1) is 0 Å². The van der Waals surface area contributed by atoms with Crippen molar-refractivity contribution < 1.29 is 13.3 Å². The van der Waals surface area contributed by atoms with Crippen LogP contribution in [0.15, 0.2) is 23.1 Å². The van der Waals surface area contributed by atoms with Gasteiger partial charge in [-0.1, -0.05) is 0 Å². The van der Waals surface area contributed by atoms with Crippen LogP contribution >= 0.6 is 0 Å². The van der Waals surface area contributed by atoms with Crippen molar-refractivity contribution in [2.24, 2.45) is 0 Å². The summed E-state index contributed by atoms with van der Waals surface area (Å²) in [5.41, 5.74) is 0.0984. The van der Waals surface area contributed by atoms with Gasteiger partial charge < -0.3 is 5.32 Å². The highest BCUT2D eigenvalue weighted by atomic mass is 32.2. The third kappa shape index (κ3) is 3.26. The minimum atomic E-state index is -3.69. The predicted molar refractivity (Wildman–Crippen MR) is 77.3 cm³/mol. The van der Waals surface area contributed by atoms with Crippen molar-refractivity contribution in [3.63, 3.8) is 0 Å². The number of hydrogen-bond acceptors (Lipinski definition) is 5. The molecule has 0 spiro atoms. The van der Waals surface area contributed by atoms with Gasteiger partial charge in [0.2, 0.25) is 10.0 Å². The first-order valence-corrected chi connectivity index (χ1v) is 7.66. The maximum atomic E-state index is 12.5. The fourth-order valence-electron chi connectivity index (χ4n) is 1.62. The van der Waals surface area contributed by atoms with Crippen molar-refractivity contribution >= 4 is 21.4 Å². The maximum Gasteiger partial charge on any atom is 0.271 e. The molecule has 20 heavy (non-hydrogen) atoms. The number of nitro groups is 1. The summed E-state index contributed by atoms with van der Waals surface area (Å²) < 4.78 is 26.2. The minimum absolute atomic E-state index is 0.0427. The quantitative estimate of drug-likeness (QED) is 0.641. The molecule has 1 aromatic carbocycles. The number of nitrogens with one attached hydrogen (secondary N) is 1. The van der Waals surface area contributed by atoms with Crippen LogP contribution in [0.1, 0.15) is 20.8 Å². The van der Waals surface area contributed by atoms with Crippen molar-refractivity contribution in [3.05, 3.63) is 28.3 Å². The largest absolute Gasteiger partial charge is 0.384 e. The second kappa shape index (κ2) is 6.19. The van der Waals surface area contributed by atoms with E-state index in [2.05, 4.69) is 5.32 Å². The normalized spacial score (nSPS) is 11.9. The third-order valence-corrected chi connectivity index (χ3v) is 5.02. The van der Waals surface area contributed by atoms with Crippen molar-refractivity contribution in [3.8, 4) is 0 Å². The zero-order valence-electron chi connectivity index (χ0n) is 12.0. The minimum Gasteiger partial charge on any atom is -0.384 e. The summed E-state index contributed by atoms with van der Waals surface area (Å²) in [6.07, 6.45) is 0. The molecule has 0 aliphatic heterocycles. The molecule has 0 saturated heterocycles. The van der Waals surface area contributed by atoms with Gasteiger partial charge in [0.15, 0.2) is 0 Å². The smallest absolute Gasteiger partial charge is 0.271 e. The number of anilines is 1. The van der Waals surface area contributed by atoms with Crippen LogP contribution in [-0.2, 0) is 10.0 Å². The van der Waals surface area contributed by atoms with Gasteiger partial charge in [-0.3, -0.25) is 10.1 Å². The van der Waals surface area contributed by atoms with E-state index in [0.717, 1.165) is 0 Å². The Morgan fingerprint density at radius 2 is 2.00 bits per heavy atom. The van der Waals surface area contributed by atoms with Crippen molar-refractivity contribution in [2.45, 2.75) is 31.7 Å². The number of benzene rings is 1. The summed E-state index contributed by atoms with van der Waals surface area (Å²) >= 11 is 0. The van der Waals surface area contributed by atoms with E-state index in [1.807, 2.05) is 0 Å². The highest BCUT2D eigenvalue weighted by molar-refractivity contribution is 7.89. The topological polar surface area (TPSA) is 92.5 Å². The highest BCUT2D eigenvalue weighted by Crippen LogP contribution is 2.29. The molecule has 0 bridgehead atoms. The molecule has 0 aliphatic carbocycles. The molecule has 0 amide bonds. The van der Waals surface area contributed by atoms with Crippen molar-refractivity contribution in [1.82, 2.24) is 4.31 Å². The molecule has 112 valence electrons. The lowest BCUT2D eigenvalue weighted by atomic mass is 10.3. The molecule has 0 fully saturated rings. The molecule has 0 radical (unpaired) electrons. The Kier molecular flexibility index (Phi) is 5.07. The first kappa shape index (κ1) is 16.4. The second-order valence-corrected chi connectivity index (χ2v) is 6.55. The number of sulfonamides is 1. The average Bonchev–Trinajstić information content (AvgIpc) is 2.37. The van der Waals surface area contributed by atoms with E-state index in [1.54, 1.807) is 20.8 Å². The molecule has 1 rings (SSSR count). The van der Waals surface area contributed by atoms with E-state index < -0.39 is 14.9 Å². The zero-order valence-corrected chi connectivity index (χ0v) is 12.8. The van der Waals surface area contributed by atoms with Crippen molar-refractivity contribution in [2.75, 3.05) is 18.9 Å². The molecular formula is C12H19N3O4S. The second-order valence-electron chi connectivity index (χ2n) is 4.58. The van der Waals surface area contributed by atoms with E-state index in [1.165, 1.54) is 29.6 Å². The van der Waals surface area contributed by atoms with Gasteiger partial charge in [-0.05, 0) is 26.8 Å². The zero-order chi connectivity index (χ0) is 15.5. The van der Waals surface area contributed by atoms with E-state index in [-0.39, 0.29) is 22.3 Å². The molecule has 0 atom stereocenters. The van der Waals surface area contributed by atoms with Gasteiger partial charge in [0, 0.05) is 31.8 Å². The van der Waals surface area contributed by atoms with Crippen molar-refractivity contribution in [1.29, 1.82) is 0 Å². The molecule has 8 heteroatoms. The highest BCUT2D eigenvalue weighted by Gasteiger charge is 2.27. The summed E-state index contributed by atoms with van der Waals surface area (Å²) in [6, 6.07) is 3.50. The van der Waals surface area contributed by atoms with Crippen LogP contribution in [0.25, 0.3) is 0 Å². The number of non-ortho nitro benzene ring substituents is 1. The third-order valence-electron chi connectivity index (χ3n) is 2.93. The Labute approximate surface area is 118 Å². The first-order valence-electron chi connectivity index (χ1n) is 6.22. The lowest BCUT2D eigenvalue weighted by Gasteiger charge is -2.22. The number of nitrogens with zero attached hydrogens (tertiary/aromatic N) is 2. The van der Waals surface area contributed by atoms with E-state index in [0.29, 0.717) is 6.54 Å². The number of rotatable bonds is 6. The fraction of sp³-hybridized carbons (Fsp3) is 0.500. The Balaban J connectivity index is 3.40. The van der Waals surface area contributed by atoms with Crippen LogP contribution in [0.4, 0.5) is 11.4 Å². The molecule has 0 aliphatic rings. The Morgan fingerprint density at radius 3 is 2.45 bits per heavy atom. The van der Waals surface area contributed by atoms with Crippen LogP contribution in [-0.4, -0.2) is 37.3 Å². The van der Waals surface area contributed by atoms with Gasteiger partial charge in [0.1, 0.15) is 4.90 Å². The molecule has 0 heterocycles. The standard InChI is InChI=1S/C12H19N3O4S/c1-5-13-11-8-10(15(16)17)6-7-12(11)20(18,19)14(4)9(2)3/h6-9,13H,5H2,1-4H3. The van der Waals surface area contributed by atoms with Gasteiger partial charge in [0.25, 0.3) is 5.69 Å². The molecule has 7 nitrogen and oxygen atoms in total. The molecule has 0 aromatic heterocycles. The van der Waals surface area contributed by atoms with Gasteiger partial charge >= 0.3 is 0 Å². The number of hydrogen-bond donors (Lipinski definition) is 1. The summed E-state index contributed by atoms with van der Waals surface area (Å²) in [7, 11) is -2.20. The molecule has 1 N–H and O–H groups in total. The van der Waals surface area contributed by atoms with Crippen LogP contribution in [0, 0.1) is 10.1 Å². The Hall–Kier alpha value is -1.67. The lowest BCUT2D eigenvalue weighted by molar-refractivity contribution is -0.384. The Morgan fingerprint density at radius 1 is 1.40 bits per heavy atom. The summed E-state index contributed by atoms with van der Waals surface area (Å²) in [4.78, 5) is 10.3. The summed E-state index contributed by atoms with van der Waals surface area (Å²) in [5, 5.41) is 13.6. The maximum absolute atomic E-state index is 12.5. The van der Waals surface area contributed by atoms with E-state index >= 15 is 0 Å². The Bertz CT molecular complexity index is 599. The van der Waals surface area contributed by atoms with E-state index in [9.17, 15) is 18.5 Å².